The normalized spacial score (nSPS) is 21.1. The molecule has 0 radical (unpaired) electrons. The van der Waals surface area contributed by atoms with Crippen molar-refractivity contribution >= 4 is 12.3 Å². The minimum Gasteiger partial charge on any atom is -0.460 e. The van der Waals surface area contributed by atoms with Crippen LogP contribution in [0.25, 0.3) is 0 Å². The van der Waals surface area contributed by atoms with E-state index in [0.717, 1.165) is 7.11 Å². The monoisotopic (exact) mass is 388 g/mol. The summed E-state index contributed by atoms with van der Waals surface area (Å²) in [5.41, 5.74) is -1.94. The average molecular weight is 388 g/mol. The van der Waals surface area contributed by atoms with Gasteiger partial charge in [-0.25, -0.2) is 17.6 Å². The third kappa shape index (κ3) is 3.90. The van der Waals surface area contributed by atoms with E-state index >= 15 is 0 Å². The van der Waals surface area contributed by atoms with Crippen molar-refractivity contribution in [1.82, 2.24) is 0 Å². The molecule has 2 atom stereocenters. The third-order valence-corrected chi connectivity index (χ3v) is 4.89. The van der Waals surface area contributed by atoms with E-state index < -0.39 is 64.9 Å². The largest absolute Gasteiger partial charge is 0.460 e. The third-order valence-electron chi connectivity index (χ3n) is 4.89. The van der Waals surface area contributed by atoms with Crippen molar-refractivity contribution in [3.63, 3.8) is 0 Å². The first-order chi connectivity index (χ1) is 12.6. The molecule has 0 aliphatic heterocycles. The fraction of sp³-hybridized carbons (Fsp3) is 0.474. The van der Waals surface area contributed by atoms with Crippen LogP contribution >= 0.6 is 0 Å². The van der Waals surface area contributed by atoms with E-state index in [9.17, 15) is 27.2 Å². The molecule has 2 unspecified atom stereocenters. The zero-order valence-corrected chi connectivity index (χ0v) is 15.4. The quantitative estimate of drug-likeness (QED) is 0.234. The fourth-order valence-corrected chi connectivity index (χ4v) is 3.11. The summed E-state index contributed by atoms with van der Waals surface area (Å²) in [6.45, 7) is 3.54. The van der Waals surface area contributed by atoms with Gasteiger partial charge in [-0.2, -0.15) is 0 Å². The highest BCUT2D eigenvalue weighted by molar-refractivity contribution is 5.79. The smallest absolute Gasteiger partial charge is 0.310 e. The van der Waals surface area contributed by atoms with Crippen LogP contribution in [-0.2, 0) is 32.3 Å². The van der Waals surface area contributed by atoms with Crippen LogP contribution < -0.4 is 0 Å². The standard InChI is InChI=1S/C19H20F4O4/c1-9(6-24)5-12-13(19(12,2)3)18(25)27-8-11-16(22)14(20)10(7-26-4)15(21)17(11)23/h5-6,12-13H,7-8H2,1-4H3/b9-5+. The highest BCUT2D eigenvalue weighted by atomic mass is 19.2. The number of aldehydes is 1. The Labute approximate surface area is 154 Å². The zero-order valence-electron chi connectivity index (χ0n) is 15.4. The first-order valence-electron chi connectivity index (χ1n) is 8.20. The predicted molar refractivity (Wildman–Crippen MR) is 87.4 cm³/mol. The number of carbonyl (C=O) groups excluding carboxylic acids is 2. The number of carbonyl (C=O) groups is 2. The van der Waals surface area contributed by atoms with E-state index in [1.807, 2.05) is 0 Å². The van der Waals surface area contributed by atoms with Crippen LogP contribution in [0.5, 0.6) is 0 Å². The maximum absolute atomic E-state index is 14.1. The second-order valence-corrected chi connectivity index (χ2v) is 7.11. The molecule has 0 saturated heterocycles. The average Bonchev–Trinajstić information content (AvgIpc) is 3.16. The minimum absolute atomic E-state index is 0.276. The Morgan fingerprint density at radius 1 is 1.04 bits per heavy atom. The van der Waals surface area contributed by atoms with Crippen LogP contribution in [0, 0.1) is 40.5 Å². The molecule has 4 nitrogen and oxygen atoms in total. The lowest BCUT2D eigenvalue weighted by Gasteiger charge is -2.12. The van der Waals surface area contributed by atoms with Crippen LogP contribution in [0.15, 0.2) is 11.6 Å². The maximum Gasteiger partial charge on any atom is 0.310 e. The number of methoxy groups -OCH3 is 1. The van der Waals surface area contributed by atoms with Crippen molar-refractivity contribution in [2.24, 2.45) is 17.3 Å². The molecule has 0 amide bonds. The molecule has 0 heterocycles. The second-order valence-electron chi connectivity index (χ2n) is 7.11. The molecule has 148 valence electrons. The van der Waals surface area contributed by atoms with Crippen LogP contribution in [0.2, 0.25) is 0 Å². The molecular weight excluding hydrogens is 368 g/mol. The summed E-state index contributed by atoms with van der Waals surface area (Å²) in [6, 6.07) is 0. The van der Waals surface area contributed by atoms with E-state index in [1.165, 1.54) is 0 Å². The summed E-state index contributed by atoms with van der Waals surface area (Å²) in [5.74, 6) is -8.09. The minimum atomic E-state index is -1.63. The fourth-order valence-electron chi connectivity index (χ4n) is 3.11. The molecule has 1 aliphatic carbocycles. The van der Waals surface area contributed by atoms with Gasteiger partial charge in [-0.05, 0) is 23.8 Å². The number of hydrogen-bond donors (Lipinski definition) is 0. The van der Waals surface area contributed by atoms with E-state index in [0.29, 0.717) is 11.9 Å². The van der Waals surface area contributed by atoms with Crippen molar-refractivity contribution in [2.75, 3.05) is 7.11 Å². The van der Waals surface area contributed by atoms with E-state index in [2.05, 4.69) is 4.74 Å². The van der Waals surface area contributed by atoms with Gasteiger partial charge < -0.3 is 9.47 Å². The first-order valence-corrected chi connectivity index (χ1v) is 8.20. The molecular formula is C19H20F4O4. The Kier molecular flexibility index (Phi) is 6.09. The van der Waals surface area contributed by atoms with Gasteiger partial charge in [0.25, 0.3) is 0 Å². The number of benzene rings is 1. The zero-order chi connectivity index (χ0) is 20.5. The van der Waals surface area contributed by atoms with Crippen molar-refractivity contribution in [3.05, 3.63) is 46.0 Å². The van der Waals surface area contributed by atoms with Gasteiger partial charge in [0, 0.05) is 7.11 Å². The molecule has 1 aromatic rings. The second kappa shape index (κ2) is 7.80. The molecule has 1 aromatic carbocycles. The van der Waals surface area contributed by atoms with Crippen LogP contribution in [0.3, 0.4) is 0 Å². The molecule has 1 fully saturated rings. The molecule has 1 aliphatic rings. The molecule has 2 rings (SSSR count). The van der Waals surface area contributed by atoms with Gasteiger partial charge in [0.1, 0.15) is 12.9 Å². The molecule has 0 aromatic heterocycles. The van der Waals surface area contributed by atoms with Crippen molar-refractivity contribution in [1.29, 1.82) is 0 Å². The van der Waals surface area contributed by atoms with E-state index in [1.54, 1.807) is 26.8 Å². The number of esters is 1. The summed E-state index contributed by atoms with van der Waals surface area (Å²) in [5, 5.41) is 0. The number of allylic oxidation sites excluding steroid dienone is 2. The lowest BCUT2D eigenvalue weighted by Crippen LogP contribution is -2.15. The Hall–Kier alpha value is -2.22. The van der Waals surface area contributed by atoms with Gasteiger partial charge >= 0.3 is 5.97 Å². The van der Waals surface area contributed by atoms with Gasteiger partial charge in [-0.1, -0.05) is 19.9 Å². The summed E-state index contributed by atoms with van der Waals surface area (Å²) in [6.07, 6.45) is 2.27. The number of ether oxygens (including phenoxy) is 2. The molecule has 1 saturated carbocycles. The molecule has 0 N–H and O–H groups in total. The van der Waals surface area contributed by atoms with Crippen LogP contribution in [-0.4, -0.2) is 19.4 Å². The summed E-state index contributed by atoms with van der Waals surface area (Å²) in [7, 11) is 1.12. The topological polar surface area (TPSA) is 52.6 Å². The van der Waals surface area contributed by atoms with Gasteiger partial charge in [0.15, 0.2) is 23.3 Å². The highest BCUT2D eigenvalue weighted by Gasteiger charge is 2.61. The van der Waals surface area contributed by atoms with Gasteiger partial charge in [0.2, 0.25) is 0 Å². The highest BCUT2D eigenvalue weighted by Crippen LogP contribution is 2.59. The van der Waals surface area contributed by atoms with Crippen molar-refractivity contribution in [2.45, 2.75) is 34.0 Å². The first kappa shape index (κ1) is 21.1. The number of rotatable bonds is 7. The lowest BCUT2D eigenvalue weighted by atomic mass is 10.1. The lowest BCUT2D eigenvalue weighted by molar-refractivity contribution is -0.147. The Morgan fingerprint density at radius 3 is 1.96 bits per heavy atom. The Balaban J connectivity index is 2.18. The van der Waals surface area contributed by atoms with Gasteiger partial charge in [-0.15, -0.1) is 0 Å². The SMILES string of the molecule is COCc1c(F)c(F)c(COC(=O)C2C(/C=C(\C)C=O)C2(C)C)c(F)c1F. The Bertz CT molecular complexity index is 772. The molecule has 0 bridgehead atoms. The Morgan fingerprint density at radius 2 is 1.52 bits per heavy atom. The van der Waals surface area contributed by atoms with Gasteiger partial charge in [-0.3, -0.25) is 9.59 Å². The van der Waals surface area contributed by atoms with Gasteiger partial charge in [0.05, 0.1) is 23.7 Å². The maximum atomic E-state index is 14.1. The predicted octanol–water partition coefficient (Wildman–Crippen LogP) is 3.85. The van der Waals surface area contributed by atoms with Crippen LogP contribution in [0.1, 0.15) is 31.9 Å². The summed E-state index contributed by atoms with van der Waals surface area (Å²) >= 11 is 0. The summed E-state index contributed by atoms with van der Waals surface area (Å²) in [4.78, 5) is 23.0. The number of halogens is 4. The van der Waals surface area contributed by atoms with Crippen molar-refractivity contribution in [3.8, 4) is 0 Å². The molecule has 8 heteroatoms. The van der Waals surface area contributed by atoms with E-state index in [4.69, 9.17) is 4.74 Å². The van der Waals surface area contributed by atoms with E-state index in [-0.39, 0.29) is 5.92 Å². The van der Waals surface area contributed by atoms with Crippen molar-refractivity contribution < 1.29 is 36.6 Å². The molecule has 27 heavy (non-hydrogen) atoms. The number of hydrogen-bond acceptors (Lipinski definition) is 4. The summed E-state index contributed by atoms with van der Waals surface area (Å²) < 4.78 is 65.4. The van der Waals surface area contributed by atoms with Crippen LogP contribution in [0.4, 0.5) is 17.6 Å². The molecule has 0 spiro atoms.